The quantitative estimate of drug-likeness (QED) is 0.303. The molecule has 0 spiro atoms. The molecule has 1 amide bonds. The molecule has 1 N–H and O–H groups in total. The first-order valence-electron chi connectivity index (χ1n) is 11.4. The van der Waals surface area contributed by atoms with E-state index >= 15 is 0 Å². The summed E-state index contributed by atoms with van der Waals surface area (Å²) in [4.78, 5) is 17.4. The van der Waals surface area contributed by atoms with Gasteiger partial charge in [0.15, 0.2) is 5.65 Å². The van der Waals surface area contributed by atoms with Crippen LogP contribution in [-0.4, -0.2) is 42.8 Å². The number of benzene rings is 2. The predicted octanol–water partition coefficient (Wildman–Crippen LogP) is 5.30. The van der Waals surface area contributed by atoms with Crippen molar-refractivity contribution in [1.82, 2.24) is 29.8 Å². The number of aromatic nitrogens is 6. The summed E-state index contributed by atoms with van der Waals surface area (Å²) in [6.45, 7) is 4.74. The summed E-state index contributed by atoms with van der Waals surface area (Å²) >= 11 is 12.6. The van der Waals surface area contributed by atoms with Gasteiger partial charge in [-0.3, -0.25) is 4.79 Å². The molecule has 11 heteroatoms. The van der Waals surface area contributed by atoms with Crippen molar-refractivity contribution in [3.8, 4) is 5.75 Å². The molecule has 0 aliphatic carbocycles. The zero-order chi connectivity index (χ0) is 26.1. The average Bonchev–Trinajstić information content (AvgIpc) is 3.40. The van der Waals surface area contributed by atoms with E-state index in [-0.39, 0.29) is 11.5 Å². The number of halogens is 2. The maximum Gasteiger partial charge on any atom is 0.258 e. The molecule has 0 fully saturated rings. The zero-order valence-electron chi connectivity index (χ0n) is 20.4. The van der Waals surface area contributed by atoms with Crippen molar-refractivity contribution in [1.29, 1.82) is 0 Å². The molecule has 0 aliphatic heterocycles. The Morgan fingerprint density at radius 1 is 1.00 bits per heavy atom. The molecule has 0 aliphatic rings. The van der Waals surface area contributed by atoms with Crippen LogP contribution in [0.4, 0.5) is 5.69 Å². The first kappa shape index (κ1) is 24.7. The number of methoxy groups -OCH3 is 1. The largest absolute Gasteiger partial charge is 0.497 e. The van der Waals surface area contributed by atoms with Crippen LogP contribution < -0.4 is 10.1 Å². The molecule has 2 aromatic carbocycles. The number of amides is 1. The molecule has 0 atom stereocenters. The fourth-order valence-electron chi connectivity index (χ4n) is 4.01. The first-order valence-corrected chi connectivity index (χ1v) is 12.2. The third-order valence-corrected chi connectivity index (χ3v) is 6.73. The smallest absolute Gasteiger partial charge is 0.258 e. The fraction of sp³-hybridized carbons (Fsp3) is 0.192. The molecule has 0 saturated heterocycles. The molecule has 0 bridgehead atoms. The number of aryl methyl sites for hydroxylation is 1. The number of hydrogen-bond acceptors (Lipinski definition) is 6. The predicted molar refractivity (Wildman–Crippen MR) is 143 cm³/mol. The van der Waals surface area contributed by atoms with E-state index in [1.165, 1.54) is 6.20 Å². The van der Waals surface area contributed by atoms with E-state index in [9.17, 15) is 4.79 Å². The summed E-state index contributed by atoms with van der Waals surface area (Å²) in [5.41, 5.74) is 4.85. The van der Waals surface area contributed by atoms with E-state index in [2.05, 4.69) is 25.7 Å². The maximum atomic E-state index is 12.9. The second kappa shape index (κ2) is 10.2. The average molecular weight is 536 g/mol. The van der Waals surface area contributed by atoms with Crippen molar-refractivity contribution in [2.75, 3.05) is 12.4 Å². The lowest BCUT2D eigenvalue weighted by atomic mass is 10.2. The van der Waals surface area contributed by atoms with Gasteiger partial charge < -0.3 is 10.1 Å². The number of carbonyl (C=O) groups excluding carboxylic acids is 1. The fourth-order valence-corrected chi connectivity index (χ4v) is 4.49. The van der Waals surface area contributed by atoms with Crippen LogP contribution in [0.3, 0.4) is 0 Å². The third kappa shape index (κ3) is 5.00. The van der Waals surface area contributed by atoms with Gasteiger partial charge in [0.05, 0.1) is 47.6 Å². The Hall–Kier alpha value is -3.95. The van der Waals surface area contributed by atoms with Gasteiger partial charge in [-0.05, 0) is 55.8 Å². The Morgan fingerprint density at radius 3 is 2.43 bits per heavy atom. The summed E-state index contributed by atoms with van der Waals surface area (Å²) in [5.74, 6) is 0.434. The van der Waals surface area contributed by atoms with E-state index in [4.69, 9.17) is 27.9 Å². The molecular weight excluding hydrogens is 513 g/mol. The molecule has 0 saturated carbocycles. The normalized spacial score (nSPS) is 11.2. The number of ether oxygens (including phenoxy) is 1. The van der Waals surface area contributed by atoms with E-state index in [1.54, 1.807) is 36.1 Å². The minimum absolute atomic E-state index is 0.258. The van der Waals surface area contributed by atoms with Crippen LogP contribution >= 0.6 is 23.2 Å². The molecule has 3 heterocycles. The highest BCUT2D eigenvalue weighted by Crippen LogP contribution is 2.29. The van der Waals surface area contributed by atoms with Gasteiger partial charge in [-0.2, -0.15) is 5.10 Å². The van der Waals surface area contributed by atoms with Crippen molar-refractivity contribution in [3.05, 3.63) is 93.0 Å². The van der Waals surface area contributed by atoms with E-state index in [1.807, 2.05) is 42.8 Å². The summed E-state index contributed by atoms with van der Waals surface area (Å²) < 4.78 is 8.79. The van der Waals surface area contributed by atoms with Gasteiger partial charge in [-0.15, -0.1) is 5.10 Å². The summed E-state index contributed by atoms with van der Waals surface area (Å²) in [6.07, 6.45) is 1.46. The lowest BCUT2D eigenvalue weighted by Gasteiger charge is -2.08. The van der Waals surface area contributed by atoms with Gasteiger partial charge in [0.25, 0.3) is 5.91 Å². The van der Waals surface area contributed by atoms with Crippen LogP contribution in [0.5, 0.6) is 5.75 Å². The van der Waals surface area contributed by atoms with Gasteiger partial charge in [0.1, 0.15) is 11.4 Å². The number of anilines is 1. The standard InChI is InChI=1S/C26H23Cl2N7O2/c1-15-23-24(28)21(26(36)30-19-8-6-18(27)7-9-19)12-29-25(23)35(32-15)14-22-16(2)34(33-31-22)13-17-4-10-20(37-3)11-5-17/h4-12H,13-14H2,1-3H3,(H,30,36). The molecule has 188 valence electrons. The number of carbonyl (C=O) groups is 1. The first-order chi connectivity index (χ1) is 17.8. The highest BCUT2D eigenvalue weighted by Gasteiger charge is 2.21. The molecular formula is C26H23Cl2N7O2. The van der Waals surface area contributed by atoms with Gasteiger partial charge in [0, 0.05) is 16.9 Å². The monoisotopic (exact) mass is 535 g/mol. The topological polar surface area (TPSA) is 99.8 Å². The molecule has 5 rings (SSSR count). The Bertz CT molecular complexity index is 1590. The highest BCUT2D eigenvalue weighted by atomic mass is 35.5. The van der Waals surface area contributed by atoms with E-state index < -0.39 is 0 Å². The molecule has 0 unspecified atom stereocenters. The lowest BCUT2D eigenvalue weighted by molar-refractivity contribution is 0.102. The summed E-state index contributed by atoms with van der Waals surface area (Å²) in [7, 11) is 1.64. The van der Waals surface area contributed by atoms with Crippen molar-refractivity contribution in [3.63, 3.8) is 0 Å². The number of fused-ring (bicyclic) bond motifs is 1. The molecule has 5 aromatic rings. The Labute approximate surface area is 223 Å². The number of rotatable bonds is 7. The van der Waals surface area contributed by atoms with Crippen LogP contribution in [-0.2, 0) is 13.1 Å². The Balaban J connectivity index is 1.38. The van der Waals surface area contributed by atoms with Crippen LogP contribution in [0, 0.1) is 13.8 Å². The van der Waals surface area contributed by atoms with Crippen molar-refractivity contribution in [2.24, 2.45) is 0 Å². The second-order valence-electron chi connectivity index (χ2n) is 8.52. The number of nitrogens with zero attached hydrogens (tertiary/aromatic N) is 6. The summed E-state index contributed by atoms with van der Waals surface area (Å²) in [6, 6.07) is 14.7. The van der Waals surface area contributed by atoms with Crippen molar-refractivity contribution < 1.29 is 9.53 Å². The molecule has 0 radical (unpaired) electrons. The van der Waals surface area contributed by atoms with Gasteiger partial charge >= 0.3 is 0 Å². The molecule has 37 heavy (non-hydrogen) atoms. The number of pyridine rings is 1. The summed E-state index contributed by atoms with van der Waals surface area (Å²) in [5, 5.41) is 17.6. The SMILES string of the molecule is COc1ccc(Cn2nnc(Cn3nc(C)c4c(Cl)c(C(=O)Nc5ccc(Cl)cc5)cnc43)c2C)cc1. The van der Waals surface area contributed by atoms with Crippen LogP contribution in [0.15, 0.2) is 54.7 Å². The number of hydrogen-bond donors (Lipinski definition) is 1. The lowest BCUT2D eigenvalue weighted by Crippen LogP contribution is -2.13. The minimum atomic E-state index is -0.369. The van der Waals surface area contributed by atoms with Gasteiger partial charge in [-0.25, -0.2) is 14.3 Å². The van der Waals surface area contributed by atoms with Crippen molar-refractivity contribution >= 4 is 45.8 Å². The van der Waals surface area contributed by atoms with Gasteiger partial charge in [0.2, 0.25) is 0 Å². The molecule has 9 nitrogen and oxygen atoms in total. The van der Waals surface area contributed by atoms with E-state index in [0.717, 1.165) is 22.7 Å². The maximum absolute atomic E-state index is 12.9. The third-order valence-electron chi connectivity index (χ3n) is 6.09. The zero-order valence-corrected chi connectivity index (χ0v) is 21.9. The Kier molecular flexibility index (Phi) is 6.82. The van der Waals surface area contributed by atoms with Gasteiger partial charge in [-0.1, -0.05) is 40.5 Å². The van der Waals surface area contributed by atoms with Crippen molar-refractivity contribution in [2.45, 2.75) is 26.9 Å². The number of nitrogens with one attached hydrogen (secondary N) is 1. The minimum Gasteiger partial charge on any atom is -0.497 e. The Morgan fingerprint density at radius 2 is 1.73 bits per heavy atom. The highest BCUT2D eigenvalue weighted by molar-refractivity contribution is 6.39. The van der Waals surface area contributed by atoms with E-state index in [0.29, 0.717) is 45.5 Å². The molecule has 3 aromatic heterocycles. The second-order valence-corrected chi connectivity index (χ2v) is 9.33. The van der Waals surface area contributed by atoms with Crippen LogP contribution in [0.2, 0.25) is 10.0 Å². The van der Waals surface area contributed by atoms with Crippen LogP contribution in [0.25, 0.3) is 11.0 Å². The van der Waals surface area contributed by atoms with Crippen LogP contribution in [0.1, 0.15) is 33.0 Å².